The minimum atomic E-state index is -1.73. The third kappa shape index (κ3) is 25.7. The van der Waals surface area contributed by atoms with Crippen LogP contribution in [0.4, 0.5) is 0 Å². The first-order chi connectivity index (χ1) is 46.3. The summed E-state index contributed by atoms with van der Waals surface area (Å²) in [5.41, 5.74) is 34.9. The normalized spacial score (nSPS) is 16.8. The van der Waals surface area contributed by atoms with Gasteiger partial charge in [0, 0.05) is 50.9 Å². The van der Waals surface area contributed by atoms with Crippen LogP contribution < -0.4 is 76.9 Å². The van der Waals surface area contributed by atoms with Crippen molar-refractivity contribution >= 4 is 99.5 Å². The van der Waals surface area contributed by atoms with E-state index in [1.165, 1.54) is 34.1 Å². The van der Waals surface area contributed by atoms with Crippen LogP contribution in [0.3, 0.4) is 0 Å². The Morgan fingerprint density at radius 2 is 1.18 bits per heavy atom. The average Bonchev–Trinajstić information content (AvgIpc) is 1.85. The van der Waals surface area contributed by atoms with Crippen molar-refractivity contribution in [2.45, 2.75) is 171 Å². The Bertz CT molecular complexity index is 3200. The largest absolute Gasteiger partial charge is 0.480 e. The molecule has 3 heterocycles. The molecule has 0 bridgehead atoms. The van der Waals surface area contributed by atoms with E-state index in [0.29, 0.717) is 49.1 Å². The van der Waals surface area contributed by atoms with E-state index in [1.807, 2.05) is 42.7 Å². The van der Waals surface area contributed by atoms with Crippen molar-refractivity contribution in [2.75, 3.05) is 57.9 Å². The van der Waals surface area contributed by atoms with Crippen molar-refractivity contribution in [1.82, 2.24) is 62.3 Å². The molecule has 0 spiro atoms. The van der Waals surface area contributed by atoms with Crippen LogP contribution in [0, 0.1) is 5.92 Å². The summed E-state index contributed by atoms with van der Waals surface area (Å²) >= 11 is 1.41. The molecule has 2 aliphatic rings. The number of amides is 10. The fourth-order valence-electron chi connectivity index (χ4n) is 11.3. The van der Waals surface area contributed by atoms with Gasteiger partial charge in [0.1, 0.15) is 54.4 Å². The van der Waals surface area contributed by atoms with Crippen molar-refractivity contribution in [3.63, 3.8) is 0 Å². The Balaban J connectivity index is 1.24. The quantitative estimate of drug-likeness (QED) is 0.0148. The molecule has 534 valence electrons. The maximum atomic E-state index is 14.4. The van der Waals surface area contributed by atoms with E-state index >= 15 is 0 Å². The number of imidazole rings is 1. The monoisotopic (exact) mass is 1370 g/mol. The highest BCUT2D eigenvalue weighted by molar-refractivity contribution is 7.98. The molecule has 10 amide bonds. The summed E-state index contributed by atoms with van der Waals surface area (Å²) in [5.74, 6) is -8.99. The van der Waals surface area contributed by atoms with Crippen molar-refractivity contribution in [3.8, 4) is 0 Å². The number of aliphatic hydroxyl groups is 1. The molecule has 10 atom stereocenters. The molecule has 34 heteroatoms. The number of likely N-dealkylation sites (tertiary alicyclic amines) is 2. The first kappa shape index (κ1) is 78.5. The summed E-state index contributed by atoms with van der Waals surface area (Å²) in [7, 11) is 0. The number of fused-ring (bicyclic) bond motifs is 1. The fourth-order valence-corrected chi connectivity index (χ4v) is 11.8. The number of thioether (sulfide) groups is 1. The number of aromatic nitrogens is 2. The van der Waals surface area contributed by atoms with Gasteiger partial charge in [0.05, 0.1) is 25.5 Å². The van der Waals surface area contributed by atoms with E-state index in [9.17, 15) is 63.0 Å². The lowest BCUT2D eigenvalue weighted by atomic mass is 10.0. The topological polar surface area (TPSA) is 540 Å². The zero-order valence-corrected chi connectivity index (χ0v) is 56.1. The fraction of sp³-hybridized carbons (Fsp3) is 0.587. The van der Waals surface area contributed by atoms with Crippen LogP contribution >= 0.6 is 11.8 Å². The summed E-state index contributed by atoms with van der Waals surface area (Å²) in [6.45, 7) is 2.84. The van der Waals surface area contributed by atoms with Gasteiger partial charge in [0.25, 0.3) is 0 Å². The molecule has 2 saturated heterocycles. The number of carboxylic acids is 1. The number of hydrogen-bond donors (Lipinski definition) is 17. The molecule has 2 aliphatic heterocycles. The molecular weight excluding hydrogens is 1280 g/mol. The Hall–Kier alpha value is -9.15. The van der Waals surface area contributed by atoms with Crippen LogP contribution in [0.25, 0.3) is 10.8 Å². The lowest BCUT2D eigenvalue weighted by molar-refractivity contribution is -0.143. The van der Waals surface area contributed by atoms with E-state index in [4.69, 9.17) is 34.4 Å². The standard InChI is InChI=1S/C63H98N20O13S/c1-36(2)28-45(78-53(87)43(16-9-24-72-63(68)69)76-59(93)50-18-11-26-83(50)60(94)41(65)14-8-23-71-62(66)67)55(89)81-48(34-84)57(91)79-46(31-40-32-70-35-74-40)56(90)75-42(15-6-7-22-64)52(86)73-33-51(85)82-25-10-17-49(82)58(92)77-44(21-27-97-3)54(88)80-47(61(95)96)30-37-19-20-38-12-4-5-13-39(38)29-37/h4-5,12-13,19-20,29,32,35-36,41-50,84H,6-11,14-18,21-28,30-31,33-34,64-65H2,1-3H3,(H,70,74)(H,73,86)(H,75,90)(H,76,93)(H,77,92)(H,78,87)(H,79,91)(H,80,88)(H,81,89)(H,95,96)(H4,66,67,71)(H4,68,69,72)/t41-,42-,43-,44-,45-,46-,47-,48-,49-,50-/m0/s1. The Kier molecular flexibility index (Phi) is 32.7. The minimum Gasteiger partial charge on any atom is -0.480 e. The molecule has 23 N–H and O–H groups in total. The number of aromatic amines is 1. The number of H-pyrrole nitrogens is 1. The van der Waals surface area contributed by atoms with Gasteiger partial charge in [-0.15, -0.1) is 0 Å². The third-order valence-corrected chi connectivity index (χ3v) is 17.1. The molecule has 33 nitrogen and oxygen atoms in total. The van der Waals surface area contributed by atoms with Crippen LogP contribution in [0.2, 0.25) is 0 Å². The van der Waals surface area contributed by atoms with Gasteiger partial charge in [-0.3, -0.25) is 57.9 Å². The number of hydrogen-bond acceptors (Lipinski definition) is 18. The number of rotatable bonds is 41. The molecular formula is C63H98N20O13S. The number of aliphatic imine (C=N–C) groups is 2. The van der Waals surface area contributed by atoms with Gasteiger partial charge in [-0.05, 0) is 124 Å². The van der Waals surface area contributed by atoms with E-state index < -0.39 is 139 Å². The number of unbranched alkanes of at least 4 members (excludes halogenated alkanes) is 1. The molecule has 5 rings (SSSR count). The third-order valence-electron chi connectivity index (χ3n) is 16.5. The molecule has 0 radical (unpaired) electrons. The number of nitrogens with two attached hydrogens (primary N) is 6. The number of nitrogens with one attached hydrogen (secondary N) is 9. The molecule has 2 aromatic carbocycles. The summed E-state index contributed by atoms with van der Waals surface area (Å²) in [6.07, 6.45) is 7.35. The number of carbonyl (C=O) groups is 11. The maximum absolute atomic E-state index is 14.4. The number of carbonyl (C=O) groups excluding carboxylic acids is 10. The molecule has 0 unspecified atom stereocenters. The lowest BCUT2D eigenvalue weighted by Gasteiger charge is -2.29. The zero-order valence-electron chi connectivity index (χ0n) is 55.3. The lowest BCUT2D eigenvalue weighted by Crippen LogP contribution is -2.61. The summed E-state index contributed by atoms with van der Waals surface area (Å²) in [4.78, 5) is 170. The van der Waals surface area contributed by atoms with Gasteiger partial charge in [-0.2, -0.15) is 11.8 Å². The minimum absolute atomic E-state index is 0.00157. The smallest absolute Gasteiger partial charge is 0.326 e. The van der Waals surface area contributed by atoms with Gasteiger partial charge in [0.15, 0.2) is 11.9 Å². The Labute approximate surface area is 567 Å². The highest BCUT2D eigenvalue weighted by Crippen LogP contribution is 2.22. The second-order valence-electron chi connectivity index (χ2n) is 24.5. The van der Waals surface area contributed by atoms with Crippen molar-refractivity contribution in [2.24, 2.45) is 50.3 Å². The molecule has 97 heavy (non-hydrogen) atoms. The molecule has 2 fully saturated rings. The average molecular weight is 1380 g/mol. The van der Waals surface area contributed by atoms with Gasteiger partial charge in [-0.1, -0.05) is 56.3 Å². The van der Waals surface area contributed by atoms with E-state index in [-0.39, 0.29) is 115 Å². The number of guanidine groups is 2. The number of carboxylic acid groups (broad SMARTS) is 1. The van der Waals surface area contributed by atoms with Crippen LogP contribution in [0.1, 0.15) is 109 Å². The Morgan fingerprint density at radius 3 is 1.77 bits per heavy atom. The van der Waals surface area contributed by atoms with Crippen LogP contribution in [-0.4, -0.2) is 225 Å². The van der Waals surface area contributed by atoms with Crippen molar-refractivity contribution in [3.05, 3.63) is 66.2 Å². The molecule has 0 aliphatic carbocycles. The Morgan fingerprint density at radius 1 is 0.639 bits per heavy atom. The number of aliphatic carboxylic acids is 1. The van der Waals surface area contributed by atoms with Gasteiger partial charge in [0.2, 0.25) is 59.1 Å². The van der Waals surface area contributed by atoms with Crippen molar-refractivity contribution in [1.29, 1.82) is 0 Å². The molecule has 1 aromatic heterocycles. The zero-order chi connectivity index (χ0) is 71.1. The van der Waals surface area contributed by atoms with Crippen molar-refractivity contribution < 1.29 is 63.0 Å². The van der Waals surface area contributed by atoms with Gasteiger partial charge < -0.3 is 102 Å². The van der Waals surface area contributed by atoms with Gasteiger partial charge in [-0.25, -0.2) is 9.78 Å². The first-order valence-electron chi connectivity index (χ1n) is 32.7. The number of nitrogens with zero attached hydrogens (tertiary/aromatic N) is 5. The number of aliphatic hydroxyl groups excluding tert-OH is 1. The maximum Gasteiger partial charge on any atom is 0.326 e. The molecule has 3 aromatic rings. The first-order valence-corrected chi connectivity index (χ1v) is 34.1. The predicted molar refractivity (Wildman–Crippen MR) is 364 cm³/mol. The summed E-state index contributed by atoms with van der Waals surface area (Å²) in [6, 6.07) is 0.410. The highest BCUT2D eigenvalue weighted by atomic mass is 32.2. The van der Waals surface area contributed by atoms with Crippen LogP contribution in [0.15, 0.2) is 65.0 Å². The molecule has 0 saturated carbocycles. The van der Waals surface area contributed by atoms with Gasteiger partial charge >= 0.3 is 5.97 Å². The predicted octanol–water partition coefficient (Wildman–Crippen LogP) is -3.72. The second-order valence-corrected chi connectivity index (χ2v) is 25.5. The summed E-state index contributed by atoms with van der Waals surface area (Å²) in [5, 5.41) is 43.7. The van der Waals surface area contributed by atoms with E-state index in [0.717, 1.165) is 10.8 Å². The van der Waals surface area contributed by atoms with Crippen LogP contribution in [0.5, 0.6) is 0 Å². The summed E-state index contributed by atoms with van der Waals surface area (Å²) < 4.78 is 0. The second kappa shape index (κ2) is 40.4. The highest BCUT2D eigenvalue weighted by Gasteiger charge is 2.40. The number of benzene rings is 2. The SMILES string of the molecule is CSCC[C@H](NC(=O)[C@@H]1CCCN1C(=O)CNC(=O)[C@H](CCCCN)NC(=O)[C@H](Cc1cnc[nH]1)NC(=O)[C@H](CO)NC(=O)[C@H](CC(C)C)NC(=O)[C@H](CCCN=C(N)N)NC(=O)[C@@H]1CCCN1C(=O)[C@@H](N)CCCN=C(N)N)C(=O)N[C@@H](Cc1ccc2ccccc2c1)C(=O)O. The van der Waals surface area contributed by atoms with E-state index in [2.05, 4.69) is 62.5 Å². The van der Waals surface area contributed by atoms with Crippen LogP contribution in [-0.2, 0) is 65.6 Å². The van der Waals surface area contributed by atoms with E-state index in [1.54, 1.807) is 19.9 Å².